The van der Waals surface area contributed by atoms with Crippen molar-refractivity contribution < 1.29 is 154 Å². The smallest absolute Gasteiger partial charge is 0.343 e. The zero-order chi connectivity index (χ0) is 107. The van der Waals surface area contributed by atoms with Crippen LogP contribution in [0.25, 0.3) is 0 Å². The van der Waals surface area contributed by atoms with Gasteiger partial charge in [0.1, 0.15) is 23.0 Å². The molecule has 4 fully saturated rings. The van der Waals surface area contributed by atoms with Crippen molar-refractivity contribution in [3.8, 4) is 69.0 Å². The summed E-state index contributed by atoms with van der Waals surface area (Å²) in [5.41, 5.74) is 11.0. The number of ether oxygens (including phenoxy) is 16. The lowest BCUT2D eigenvalue weighted by Gasteiger charge is -2.52. The fraction of sp³-hybridized carbons (Fsp3) is 0.474. The second-order valence-electron chi connectivity index (χ2n) is 39.9. The molecule has 8 aromatic carbocycles. The molecule has 0 bridgehead atoms. The minimum atomic E-state index is -1.18. The lowest BCUT2D eigenvalue weighted by atomic mass is 9.53. The van der Waals surface area contributed by atoms with E-state index in [-0.39, 0.29) is 77.6 Å². The summed E-state index contributed by atoms with van der Waals surface area (Å²) >= 11 is 0. The van der Waals surface area contributed by atoms with Gasteiger partial charge in [-0.05, 0) is 330 Å². The molecule has 4 aliphatic carbocycles. The van der Waals surface area contributed by atoms with Gasteiger partial charge in [-0.25, -0.2) is 38.4 Å². The van der Waals surface area contributed by atoms with E-state index in [2.05, 4.69) is 39.8 Å². The second kappa shape index (κ2) is 48.2. The minimum Gasteiger partial charge on any atom is -0.493 e. The Morgan fingerprint density at radius 2 is 0.404 bits per heavy atom. The van der Waals surface area contributed by atoms with Crippen molar-refractivity contribution in [1.82, 2.24) is 0 Å². The zero-order valence-electron chi connectivity index (χ0n) is 87.0. The highest BCUT2D eigenvalue weighted by atomic mass is 16.6. The number of aliphatic carboxylic acids is 4. The van der Waals surface area contributed by atoms with Crippen molar-refractivity contribution in [2.24, 2.45) is 34.5 Å². The number of methoxy groups -OCH3 is 8. The number of carboxylic acids is 4. The molecule has 0 spiro atoms. The van der Waals surface area contributed by atoms with Crippen molar-refractivity contribution in [3.63, 3.8) is 0 Å². The monoisotopic (exact) mass is 2020 g/mol. The molecule has 0 aromatic heterocycles. The maximum atomic E-state index is 12.8. The van der Waals surface area contributed by atoms with Crippen LogP contribution in [0, 0.1) is 89.9 Å². The molecule has 0 atom stereocenters. The first-order valence-corrected chi connectivity index (χ1v) is 48.8. The van der Waals surface area contributed by atoms with Crippen LogP contribution in [-0.2, 0) is 79.0 Å². The van der Waals surface area contributed by atoms with E-state index in [1.807, 2.05) is 114 Å². The number of hydrogen-bond acceptors (Lipinski definition) is 28. The summed E-state index contributed by atoms with van der Waals surface area (Å²) in [6, 6.07) is 31.1. The Bertz CT molecular complexity index is 5860. The molecule has 0 heterocycles. The number of aryl methyl sites for hydroxylation is 8. The maximum Gasteiger partial charge on any atom is 0.343 e. The van der Waals surface area contributed by atoms with Gasteiger partial charge in [-0.15, -0.1) is 0 Å². The molecule has 0 unspecified atom stereocenters. The first kappa shape index (κ1) is 112. The predicted molar refractivity (Wildman–Crippen MR) is 538 cm³/mol. The van der Waals surface area contributed by atoms with Crippen LogP contribution < -0.4 is 56.8 Å². The second-order valence-corrected chi connectivity index (χ2v) is 39.9. The molecule has 4 saturated carbocycles. The fourth-order valence-electron chi connectivity index (χ4n) is 23.2. The molecule has 0 aliphatic heterocycles. The number of hydrogen-bond donors (Lipinski definition) is 4. The van der Waals surface area contributed by atoms with Crippen LogP contribution in [0.3, 0.4) is 0 Å². The van der Waals surface area contributed by atoms with Gasteiger partial charge in [0.25, 0.3) is 0 Å². The molecule has 8 aromatic rings. The number of carbonyl (C=O) groups excluding carboxylic acids is 8. The van der Waals surface area contributed by atoms with Crippen molar-refractivity contribution in [1.29, 1.82) is 0 Å². The SMILES string of the molecule is COC(=O)COc1c(C)cc(C2(c3cc(C)c(OCC(=O)OC)c(C=O)c3)CCC(C(C)(C)C3CCC(c4cc(C)c(OCC(=O)OC)c(OC)c4)(c4cc(C)c(OCC(=O)OC)c(OC)c4)CC3)CC2)cc1C=O.COc1cc(C2(c3cc(C)c(OCC(=O)O)c(OC)c3)CCC(C(C)(C)C3CCC(c4cc(C)c(OCC(=O)O)c(C=O)c4)(c4cc(C)c(OCC(=O)O)c(C=O)c4)CC3)CC2)cc(C)c1OCC(=O)O. The van der Waals surface area contributed by atoms with E-state index in [0.29, 0.717) is 159 Å². The van der Waals surface area contributed by atoms with Crippen LogP contribution >= 0.6 is 0 Å². The fourth-order valence-corrected chi connectivity index (χ4v) is 23.2. The van der Waals surface area contributed by atoms with Gasteiger partial charge in [0.2, 0.25) is 0 Å². The van der Waals surface area contributed by atoms with Crippen molar-refractivity contribution in [2.45, 2.75) is 207 Å². The zero-order valence-corrected chi connectivity index (χ0v) is 87.0. The number of carbonyl (C=O) groups is 12. The molecular weight excluding hydrogens is 1880 g/mol. The molecular formula is C114H136O32. The van der Waals surface area contributed by atoms with E-state index in [0.717, 1.165) is 132 Å². The van der Waals surface area contributed by atoms with Crippen LogP contribution in [0.1, 0.15) is 261 Å². The van der Waals surface area contributed by atoms with Crippen LogP contribution in [0.2, 0.25) is 0 Å². The Hall–Kier alpha value is -14.2. The summed E-state index contributed by atoms with van der Waals surface area (Å²) in [5.74, 6) is -1.41. The third kappa shape index (κ3) is 24.3. The number of esters is 4. The van der Waals surface area contributed by atoms with Crippen molar-refractivity contribution in [3.05, 3.63) is 208 Å². The molecule has 4 aliphatic rings. The summed E-state index contributed by atoms with van der Waals surface area (Å²) in [6.07, 6.45) is 15.0. The molecule has 0 saturated heterocycles. The normalized spacial score (nSPS) is 15.6. The van der Waals surface area contributed by atoms with E-state index in [4.69, 9.17) is 75.8 Å². The van der Waals surface area contributed by atoms with Crippen molar-refractivity contribution >= 4 is 72.9 Å². The van der Waals surface area contributed by atoms with Gasteiger partial charge >= 0.3 is 47.8 Å². The number of carboxylic acid groups (broad SMARTS) is 4. The average molecular weight is 2020 g/mol. The maximum absolute atomic E-state index is 12.8. The minimum absolute atomic E-state index is 0.137. The Balaban J connectivity index is 0.000000278. The predicted octanol–water partition coefficient (Wildman–Crippen LogP) is 18.5. The first-order chi connectivity index (χ1) is 69.4. The summed E-state index contributed by atoms with van der Waals surface area (Å²) in [5, 5.41) is 37.6. The molecule has 0 amide bonds. The Morgan fingerprint density at radius 1 is 0.253 bits per heavy atom. The van der Waals surface area contributed by atoms with Gasteiger partial charge in [-0.1, -0.05) is 76.2 Å². The number of rotatable bonds is 44. The Morgan fingerprint density at radius 3 is 0.562 bits per heavy atom. The molecule has 146 heavy (non-hydrogen) atoms. The van der Waals surface area contributed by atoms with E-state index in [9.17, 15) is 78.0 Å². The Labute approximate surface area is 851 Å². The highest BCUT2D eigenvalue weighted by Crippen LogP contribution is 2.62. The number of aldehydes is 4. The van der Waals surface area contributed by atoms with Gasteiger partial charge in [0.15, 0.2) is 124 Å². The summed E-state index contributed by atoms with van der Waals surface area (Å²) < 4.78 is 89.1. The molecule has 12 rings (SSSR count). The van der Waals surface area contributed by atoms with Crippen LogP contribution in [0.5, 0.6) is 69.0 Å². The summed E-state index contributed by atoms with van der Waals surface area (Å²) in [7, 11) is 11.3. The standard InChI is InChI=1S/C59H72O16.C55H64O16/c1-35-21-43(25-39(29-60)53(35)72-31-49(62)68-9)58(44-22-36(2)54(40(26-44)30-61)73-32-50(63)69-10)17-13-41(14-18-58)57(5,6)42-15-19-59(20-16-42,45-23-37(3)55(47(27-45)66-7)74-33-51(64)70-11)46-24-38(4)56(48(28-46)67-8)75-34-52(65)71-12;1-31-17-39(21-35(25-56)49(31)68-27-45(58)59)54(40-18-32(2)50(36(22-40)26-57)69-28-46(60)61)13-9-37(10-14-54)53(5,6)38-11-15-55(16-12-38,41-19-33(3)51(43(23-41)66-7)70-29-47(62)63)42-20-34(4)52(44(24-42)67-8)71-30-48(64)65/h21-30,41-42H,13-20,31-34H2,1-12H3;17-26,37-38H,9-16,27-30H2,1-8H3,(H,58,59)(H,60,61)(H,62,63)(H,64,65). The van der Waals surface area contributed by atoms with Gasteiger partial charge in [-0.2, -0.15) is 0 Å². The first-order valence-electron chi connectivity index (χ1n) is 48.8. The van der Waals surface area contributed by atoms with E-state index < -0.39 is 95.8 Å². The molecule has 4 N–H and O–H groups in total. The molecule has 32 nitrogen and oxygen atoms in total. The van der Waals surface area contributed by atoms with Crippen LogP contribution in [0.4, 0.5) is 0 Å². The number of benzene rings is 8. The quantitative estimate of drug-likeness (QED) is 0.0156. The highest BCUT2D eigenvalue weighted by molar-refractivity contribution is 5.86. The lowest BCUT2D eigenvalue weighted by molar-refractivity contribution is -0.143. The highest BCUT2D eigenvalue weighted by Gasteiger charge is 2.53. The topological polar surface area (TPSA) is 433 Å². The largest absolute Gasteiger partial charge is 0.493 e. The van der Waals surface area contributed by atoms with E-state index in [1.54, 1.807) is 40.2 Å². The summed E-state index contributed by atoms with van der Waals surface area (Å²) in [4.78, 5) is 145. The molecule has 32 heteroatoms. The third-order valence-electron chi connectivity index (χ3n) is 31.2. The van der Waals surface area contributed by atoms with Gasteiger partial charge in [0.05, 0.1) is 79.1 Å². The third-order valence-corrected chi connectivity index (χ3v) is 31.2. The van der Waals surface area contributed by atoms with E-state index in [1.165, 1.54) is 42.7 Å². The van der Waals surface area contributed by atoms with E-state index >= 15 is 0 Å². The van der Waals surface area contributed by atoms with Crippen LogP contribution in [0.15, 0.2) is 97.1 Å². The Kier molecular flexibility index (Phi) is 37.0. The van der Waals surface area contributed by atoms with Gasteiger partial charge < -0.3 is 96.2 Å². The van der Waals surface area contributed by atoms with Crippen LogP contribution in [-0.4, -0.2) is 203 Å². The van der Waals surface area contributed by atoms with Crippen molar-refractivity contribution in [2.75, 3.05) is 110 Å². The van der Waals surface area contributed by atoms with Gasteiger partial charge in [-0.3, -0.25) is 19.2 Å². The molecule has 784 valence electrons. The average Bonchev–Trinajstić information content (AvgIpc) is 0.737. The summed E-state index contributed by atoms with van der Waals surface area (Å²) in [6.45, 7) is 20.6. The van der Waals surface area contributed by atoms with Gasteiger partial charge in [0, 0.05) is 21.7 Å². The molecule has 0 radical (unpaired) electrons. The lowest BCUT2D eigenvalue weighted by Crippen LogP contribution is -2.43.